The highest BCUT2D eigenvalue weighted by atomic mass is 19.1. The quantitative estimate of drug-likeness (QED) is 0.792. The fourth-order valence-corrected chi connectivity index (χ4v) is 3.75. The first-order valence-electron chi connectivity index (χ1n) is 7.89. The molecule has 1 spiro atoms. The normalized spacial score (nSPS) is 23.6. The lowest BCUT2D eigenvalue weighted by atomic mass is 9.83. The highest BCUT2D eigenvalue weighted by Crippen LogP contribution is 2.51. The van der Waals surface area contributed by atoms with Gasteiger partial charge in [-0.05, 0) is 48.7 Å². The summed E-state index contributed by atoms with van der Waals surface area (Å²) in [5.74, 6) is -0.172. The van der Waals surface area contributed by atoms with Crippen molar-refractivity contribution in [1.29, 1.82) is 0 Å². The topological polar surface area (TPSA) is 12.5 Å². The molecule has 0 N–H and O–H groups in total. The van der Waals surface area contributed by atoms with Crippen molar-refractivity contribution in [3.05, 3.63) is 71.0 Å². The molecule has 1 saturated heterocycles. The molecule has 0 saturated carbocycles. The monoisotopic (exact) mass is 297 g/mol. The van der Waals surface area contributed by atoms with Crippen LogP contribution in [0.5, 0.6) is 0 Å². The van der Waals surface area contributed by atoms with Gasteiger partial charge < -0.3 is 9.64 Å². The molecule has 114 valence electrons. The summed E-state index contributed by atoms with van der Waals surface area (Å²) in [4.78, 5) is 2.31. The lowest BCUT2D eigenvalue weighted by molar-refractivity contribution is -0.0941. The van der Waals surface area contributed by atoms with Gasteiger partial charge in [-0.25, -0.2) is 4.39 Å². The Morgan fingerprint density at radius 3 is 2.55 bits per heavy atom. The van der Waals surface area contributed by atoms with Gasteiger partial charge >= 0.3 is 0 Å². The Balaban J connectivity index is 1.80. The van der Waals surface area contributed by atoms with Crippen LogP contribution in [0.15, 0.2) is 48.5 Å². The molecule has 1 atom stereocenters. The van der Waals surface area contributed by atoms with Gasteiger partial charge in [0.15, 0.2) is 0 Å². The summed E-state index contributed by atoms with van der Waals surface area (Å²) >= 11 is 0. The van der Waals surface area contributed by atoms with E-state index in [0.717, 1.165) is 42.6 Å². The maximum absolute atomic E-state index is 13.8. The zero-order chi connectivity index (χ0) is 15.2. The minimum Gasteiger partial charge on any atom is -0.358 e. The van der Waals surface area contributed by atoms with Crippen LogP contribution in [0.4, 0.5) is 4.39 Å². The molecule has 4 rings (SSSR count). The maximum atomic E-state index is 13.8. The van der Waals surface area contributed by atoms with E-state index >= 15 is 0 Å². The van der Waals surface area contributed by atoms with Crippen LogP contribution in [0, 0.1) is 5.82 Å². The number of fused-ring (bicyclic) bond motifs is 2. The summed E-state index contributed by atoms with van der Waals surface area (Å²) in [6, 6.07) is 15.4. The van der Waals surface area contributed by atoms with E-state index in [1.807, 2.05) is 24.3 Å². The molecule has 22 heavy (non-hydrogen) atoms. The SMILES string of the molecule is CN1CCC2(CC1)O[C@@H](c1ccccc1)c1ccc(F)cc12. The fraction of sp³-hybridized carbons (Fsp3) is 0.368. The van der Waals surface area contributed by atoms with E-state index < -0.39 is 0 Å². The first kappa shape index (κ1) is 13.9. The number of rotatable bonds is 1. The Bertz CT molecular complexity index is 677. The molecule has 0 aromatic heterocycles. The van der Waals surface area contributed by atoms with Crippen LogP contribution in [0.1, 0.15) is 35.6 Å². The number of halogens is 1. The Hall–Kier alpha value is -1.71. The highest BCUT2D eigenvalue weighted by molar-refractivity contribution is 5.44. The van der Waals surface area contributed by atoms with Gasteiger partial charge in [0.2, 0.25) is 0 Å². The van der Waals surface area contributed by atoms with E-state index in [1.165, 1.54) is 0 Å². The molecule has 0 aliphatic carbocycles. The standard InChI is InChI=1S/C19H20FNO/c1-21-11-9-19(10-12-21)17-13-15(20)7-8-16(17)18(22-19)14-5-3-2-4-6-14/h2-8,13,18H,9-12H2,1H3/t18-/m0/s1. The number of benzene rings is 2. The van der Waals surface area contributed by atoms with Crippen molar-refractivity contribution in [2.75, 3.05) is 20.1 Å². The first-order chi connectivity index (χ1) is 10.7. The smallest absolute Gasteiger partial charge is 0.123 e. The van der Waals surface area contributed by atoms with Gasteiger partial charge in [0.25, 0.3) is 0 Å². The average Bonchev–Trinajstić information content (AvgIpc) is 2.85. The molecule has 3 heteroatoms. The fourth-order valence-electron chi connectivity index (χ4n) is 3.75. The number of likely N-dealkylation sites (tertiary alicyclic amines) is 1. The van der Waals surface area contributed by atoms with Crippen LogP contribution in [-0.4, -0.2) is 25.0 Å². The molecule has 0 bridgehead atoms. The third kappa shape index (κ3) is 2.16. The minimum absolute atomic E-state index is 0.0831. The van der Waals surface area contributed by atoms with Crippen molar-refractivity contribution in [3.8, 4) is 0 Å². The highest BCUT2D eigenvalue weighted by Gasteiger charge is 2.46. The molecule has 1 fully saturated rings. The van der Waals surface area contributed by atoms with Crippen LogP contribution >= 0.6 is 0 Å². The molecule has 2 aromatic carbocycles. The van der Waals surface area contributed by atoms with Crippen LogP contribution in [0.3, 0.4) is 0 Å². The molecule has 0 unspecified atom stereocenters. The van der Waals surface area contributed by atoms with Crippen LogP contribution < -0.4 is 0 Å². The van der Waals surface area contributed by atoms with Crippen molar-refractivity contribution >= 4 is 0 Å². The largest absolute Gasteiger partial charge is 0.358 e. The molecule has 2 heterocycles. The van der Waals surface area contributed by atoms with Gasteiger partial charge in [0.1, 0.15) is 11.9 Å². The van der Waals surface area contributed by atoms with Crippen molar-refractivity contribution in [2.45, 2.75) is 24.5 Å². The molecule has 2 aliphatic rings. The van der Waals surface area contributed by atoms with E-state index in [0.29, 0.717) is 0 Å². The summed E-state index contributed by atoms with van der Waals surface area (Å²) in [6.45, 7) is 1.97. The average molecular weight is 297 g/mol. The minimum atomic E-state index is -0.329. The van der Waals surface area contributed by atoms with Gasteiger partial charge in [0, 0.05) is 13.1 Å². The van der Waals surface area contributed by atoms with E-state index in [2.05, 4.69) is 24.1 Å². The zero-order valence-electron chi connectivity index (χ0n) is 12.8. The third-order valence-electron chi connectivity index (χ3n) is 5.03. The Morgan fingerprint density at radius 1 is 1.09 bits per heavy atom. The van der Waals surface area contributed by atoms with Crippen molar-refractivity contribution in [3.63, 3.8) is 0 Å². The summed E-state index contributed by atoms with van der Waals surface area (Å²) in [5, 5.41) is 0. The number of hydrogen-bond acceptors (Lipinski definition) is 2. The van der Waals surface area contributed by atoms with Crippen molar-refractivity contribution < 1.29 is 9.13 Å². The number of ether oxygens (including phenoxy) is 1. The molecular formula is C19H20FNO. The van der Waals surface area contributed by atoms with E-state index in [1.54, 1.807) is 12.1 Å². The predicted octanol–water partition coefficient (Wildman–Crippen LogP) is 3.87. The van der Waals surface area contributed by atoms with Crippen LogP contribution in [0.2, 0.25) is 0 Å². The van der Waals surface area contributed by atoms with Crippen molar-refractivity contribution in [2.24, 2.45) is 0 Å². The first-order valence-corrected chi connectivity index (χ1v) is 7.89. The lowest BCUT2D eigenvalue weighted by Gasteiger charge is -2.38. The van der Waals surface area contributed by atoms with Crippen molar-refractivity contribution in [1.82, 2.24) is 4.90 Å². The molecule has 2 aromatic rings. The number of hydrogen-bond donors (Lipinski definition) is 0. The van der Waals surface area contributed by atoms with Gasteiger partial charge in [0.05, 0.1) is 5.60 Å². The molecule has 0 radical (unpaired) electrons. The lowest BCUT2D eigenvalue weighted by Crippen LogP contribution is -2.40. The van der Waals surface area contributed by atoms with Crippen LogP contribution in [-0.2, 0) is 10.3 Å². The van der Waals surface area contributed by atoms with Crippen LogP contribution in [0.25, 0.3) is 0 Å². The second-order valence-corrected chi connectivity index (χ2v) is 6.44. The molecule has 0 amide bonds. The van der Waals surface area contributed by atoms with E-state index in [4.69, 9.17) is 4.74 Å². The predicted molar refractivity (Wildman–Crippen MR) is 84.2 cm³/mol. The Morgan fingerprint density at radius 2 is 1.82 bits per heavy atom. The second-order valence-electron chi connectivity index (χ2n) is 6.44. The Kier molecular flexibility index (Phi) is 3.28. The summed E-state index contributed by atoms with van der Waals surface area (Å²) in [5.41, 5.74) is 2.99. The van der Waals surface area contributed by atoms with Gasteiger partial charge in [-0.2, -0.15) is 0 Å². The maximum Gasteiger partial charge on any atom is 0.123 e. The number of piperidine rings is 1. The van der Waals surface area contributed by atoms with Gasteiger partial charge in [-0.1, -0.05) is 36.4 Å². The number of nitrogens with zero attached hydrogens (tertiary/aromatic N) is 1. The molecule has 2 nitrogen and oxygen atoms in total. The third-order valence-corrected chi connectivity index (χ3v) is 5.03. The molecular weight excluding hydrogens is 277 g/mol. The molecule has 2 aliphatic heterocycles. The summed E-state index contributed by atoms with van der Waals surface area (Å²) in [6.07, 6.45) is 1.76. The second kappa shape index (κ2) is 5.18. The Labute approximate surface area is 130 Å². The van der Waals surface area contributed by atoms with E-state index in [-0.39, 0.29) is 17.5 Å². The summed E-state index contributed by atoms with van der Waals surface area (Å²) < 4.78 is 20.4. The van der Waals surface area contributed by atoms with Gasteiger partial charge in [-0.15, -0.1) is 0 Å². The van der Waals surface area contributed by atoms with Gasteiger partial charge in [-0.3, -0.25) is 0 Å². The van der Waals surface area contributed by atoms with E-state index in [9.17, 15) is 4.39 Å². The summed E-state index contributed by atoms with van der Waals surface area (Å²) in [7, 11) is 2.13. The zero-order valence-corrected chi connectivity index (χ0v) is 12.8.